The molecule has 9 heteroatoms. The molecule has 0 fully saturated rings. The van der Waals surface area contributed by atoms with E-state index in [4.69, 9.17) is 5.73 Å². The molecule has 0 radical (unpaired) electrons. The predicted octanol–water partition coefficient (Wildman–Crippen LogP) is 3.80. The maximum Gasteiger partial charge on any atom is 0.416 e. The van der Waals surface area contributed by atoms with Crippen LogP contribution in [0, 0.1) is 0 Å². The summed E-state index contributed by atoms with van der Waals surface area (Å²) in [5, 5.41) is 3.91. The highest BCUT2D eigenvalue weighted by Gasteiger charge is 2.30. The lowest BCUT2D eigenvalue weighted by atomic mass is 10.1. The van der Waals surface area contributed by atoms with Crippen molar-refractivity contribution >= 4 is 42.9 Å². The first-order chi connectivity index (χ1) is 7.95. The van der Waals surface area contributed by atoms with E-state index in [1.807, 2.05) is 0 Å². The van der Waals surface area contributed by atoms with Gasteiger partial charge in [0.1, 0.15) is 0 Å². The van der Waals surface area contributed by atoms with Crippen molar-refractivity contribution in [2.45, 2.75) is 12.7 Å². The second-order valence-corrected chi connectivity index (χ2v) is 3.67. The van der Waals surface area contributed by atoms with Crippen LogP contribution in [0.1, 0.15) is 11.1 Å². The van der Waals surface area contributed by atoms with Crippen LogP contribution in [0.25, 0.3) is 0 Å². The molecule has 2 N–H and O–H groups in total. The first kappa shape index (κ1) is 21.2. The number of anilines is 1. The van der Waals surface area contributed by atoms with Gasteiger partial charge in [-0.25, -0.2) is 0 Å². The monoisotopic (exact) mass is 349 g/mol. The fourth-order valence-electron chi connectivity index (χ4n) is 1.50. The van der Waals surface area contributed by atoms with Crippen molar-refractivity contribution in [2.75, 3.05) is 5.73 Å². The molecule has 1 heterocycles. The van der Waals surface area contributed by atoms with E-state index in [1.165, 1.54) is 16.9 Å². The van der Waals surface area contributed by atoms with Crippen LogP contribution in [0.15, 0.2) is 36.7 Å². The first-order valence-electron chi connectivity index (χ1n) is 4.89. The molecule has 0 atom stereocenters. The number of benzene rings is 1. The average molecular weight is 351 g/mol. The molecule has 0 aliphatic heterocycles. The Bertz CT molecular complexity index is 529. The standard InChI is InChI=1S/C11H10F3N3.3ClH/c12-11(13,14)9-3-1-2-8(4-9)6-17-7-10(15)5-16-17;;;/h1-5,7H,6,15H2;3*1H. The van der Waals surface area contributed by atoms with Gasteiger partial charge in [0.25, 0.3) is 0 Å². The van der Waals surface area contributed by atoms with Crippen LogP contribution >= 0.6 is 37.2 Å². The Morgan fingerprint density at radius 1 is 1.15 bits per heavy atom. The third-order valence-corrected chi connectivity index (χ3v) is 2.25. The normalized spacial score (nSPS) is 9.95. The minimum absolute atomic E-state index is 0. The van der Waals surface area contributed by atoms with Crippen molar-refractivity contribution in [3.8, 4) is 0 Å². The van der Waals surface area contributed by atoms with Crippen LogP contribution in [0.2, 0.25) is 0 Å². The Labute approximate surface area is 132 Å². The molecule has 20 heavy (non-hydrogen) atoms. The van der Waals surface area contributed by atoms with Crippen molar-refractivity contribution in [1.82, 2.24) is 9.78 Å². The molecule has 0 spiro atoms. The quantitative estimate of drug-likeness (QED) is 0.895. The molecule has 0 saturated carbocycles. The van der Waals surface area contributed by atoms with Gasteiger partial charge in [-0.3, -0.25) is 4.68 Å². The molecule has 3 nitrogen and oxygen atoms in total. The van der Waals surface area contributed by atoms with E-state index in [0.717, 1.165) is 12.1 Å². The van der Waals surface area contributed by atoms with Gasteiger partial charge in [0.15, 0.2) is 0 Å². The van der Waals surface area contributed by atoms with Crippen molar-refractivity contribution in [3.63, 3.8) is 0 Å². The van der Waals surface area contributed by atoms with Crippen LogP contribution < -0.4 is 5.73 Å². The van der Waals surface area contributed by atoms with Gasteiger partial charge in [-0.1, -0.05) is 12.1 Å². The molecular formula is C11H13Cl3F3N3. The lowest BCUT2D eigenvalue weighted by Crippen LogP contribution is -2.07. The highest BCUT2D eigenvalue weighted by atomic mass is 35.5. The van der Waals surface area contributed by atoms with E-state index >= 15 is 0 Å². The smallest absolute Gasteiger partial charge is 0.396 e. The maximum atomic E-state index is 12.5. The molecule has 2 rings (SSSR count). The number of hydrogen-bond donors (Lipinski definition) is 1. The number of nitrogens with zero attached hydrogens (tertiary/aromatic N) is 2. The number of halogens is 6. The number of nitrogen functional groups attached to an aromatic ring is 1. The zero-order chi connectivity index (χ0) is 12.5. The minimum atomic E-state index is -4.32. The molecule has 0 aliphatic carbocycles. The van der Waals surface area contributed by atoms with Gasteiger partial charge >= 0.3 is 6.18 Å². The third-order valence-electron chi connectivity index (χ3n) is 2.25. The summed E-state index contributed by atoms with van der Waals surface area (Å²) in [5.74, 6) is 0. The molecule has 1 aromatic carbocycles. The van der Waals surface area contributed by atoms with Gasteiger partial charge in [-0.2, -0.15) is 18.3 Å². The summed E-state index contributed by atoms with van der Waals surface area (Å²) in [7, 11) is 0. The molecule has 0 aliphatic rings. The van der Waals surface area contributed by atoms with Crippen molar-refractivity contribution in [1.29, 1.82) is 0 Å². The minimum Gasteiger partial charge on any atom is -0.396 e. The lowest BCUT2D eigenvalue weighted by molar-refractivity contribution is -0.137. The maximum absolute atomic E-state index is 12.5. The van der Waals surface area contributed by atoms with Crippen LogP contribution in [-0.4, -0.2) is 9.78 Å². The number of alkyl halides is 3. The average Bonchev–Trinajstić information content (AvgIpc) is 2.63. The van der Waals surface area contributed by atoms with Gasteiger partial charge in [-0.05, 0) is 17.7 Å². The molecule has 0 saturated heterocycles. The van der Waals surface area contributed by atoms with Crippen molar-refractivity contribution in [3.05, 3.63) is 47.8 Å². The zero-order valence-corrected chi connectivity index (χ0v) is 12.5. The van der Waals surface area contributed by atoms with Gasteiger partial charge in [-0.15, -0.1) is 37.2 Å². The molecule has 0 bridgehead atoms. The van der Waals surface area contributed by atoms with Gasteiger partial charge < -0.3 is 5.73 Å². The molecule has 114 valence electrons. The Morgan fingerprint density at radius 3 is 2.30 bits per heavy atom. The summed E-state index contributed by atoms with van der Waals surface area (Å²) in [5.41, 5.74) is 5.82. The van der Waals surface area contributed by atoms with Crippen LogP contribution in [0.4, 0.5) is 18.9 Å². The summed E-state index contributed by atoms with van der Waals surface area (Å²) in [6, 6.07) is 5.15. The Hall–Kier alpha value is -1.11. The van der Waals surface area contributed by atoms with E-state index < -0.39 is 11.7 Å². The molecule has 0 unspecified atom stereocenters. The highest BCUT2D eigenvalue weighted by molar-refractivity contribution is 5.86. The zero-order valence-electron chi connectivity index (χ0n) is 10.0. The first-order valence-corrected chi connectivity index (χ1v) is 4.89. The number of aromatic nitrogens is 2. The van der Waals surface area contributed by atoms with Crippen LogP contribution in [-0.2, 0) is 12.7 Å². The van der Waals surface area contributed by atoms with E-state index in [-0.39, 0.29) is 43.8 Å². The molecule has 2 aromatic rings. The topological polar surface area (TPSA) is 43.8 Å². The molecule has 0 amide bonds. The lowest BCUT2D eigenvalue weighted by Gasteiger charge is -2.08. The largest absolute Gasteiger partial charge is 0.416 e. The van der Waals surface area contributed by atoms with E-state index in [0.29, 0.717) is 11.3 Å². The summed E-state index contributed by atoms with van der Waals surface area (Å²) in [6.45, 7) is 0.265. The fraction of sp³-hybridized carbons (Fsp3) is 0.182. The van der Waals surface area contributed by atoms with Gasteiger partial charge in [0.05, 0.1) is 24.0 Å². The highest BCUT2D eigenvalue weighted by Crippen LogP contribution is 2.29. The predicted molar refractivity (Wildman–Crippen MR) is 78.9 cm³/mol. The van der Waals surface area contributed by atoms with E-state index in [9.17, 15) is 13.2 Å². The van der Waals surface area contributed by atoms with E-state index in [2.05, 4.69) is 5.10 Å². The van der Waals surface area contributed by atoms with E-state index in [1.54, 1.807) is 12.3 Å². The number of nitrogens with two attached hydrogens (primary N) is 1. The van der Waals surface area contributed by atoms with Gasteiger partial charge in [0, 0.05) is 6.20 Å². The van der Waals surface area contributed by atoms with Crippen molar-refractivity contribution < 1.29 is 13.2 Å². The Balaban J connectivity index is 0. The summed E-state index contributed by atoms with van der Waals surface area (Å²) < 4.78 is 38.9. The SMILES string of the molecule is Cl.Cl.Cl.Nc1cnn(Cc2cccc(C(F)(F)F)c2)c1. The van der Waals surface area contributed by atoms with Crippen molar-refractivity contribution in [2.24, 2.45) is 0 Å². The Morgan fingerprint density at radius 2 is 1.80 bits per heavy atom. The molecule has 1 aromatic heterocycles. The van der Waals surface area contributed by atoms with Crippen LogP contribution in [0.3, 0.4) is 0 Å². The molecular weight excluding hydrogens is 337 g/mol. The second kappa shape index (κ2) is 8.24. The summed E-state index contributed by atoms with van der Waals surface area (Å²) in [6.07, 6.45) is -1.30. The second-order valence-electron chi connectivity index (χ2n) is 3.67. The van der Waals surface area contributed by atoms with Gasteiger partial charge in [0.2, 0.25) is 0 Å². The number of rotatable bonds is 2. The fourth-order valence-corrected chi connectivity index (χ4v) is 1.50. The third kappa shape index (κ3) is 5.48. The number of hydrogen-bond acceptors (Lipinski definition) is 2. The Kier molecular flexibility index (Phi) is 8.73. The van der Waals surface area contributed by atoms with Crippen LogP contribution in [0.5, 0.6) is 0 Å². The summed E-state index contributed by atoms with van der Waals surface area (Å²) in [4.78, 5) is 0. The summed E-state index contributed by atoms with van der Waals surface area (Å²) >= 11 is 0.